The molecule has 0 aliphatic carbocycles. The number of carbonyl (C=O) groups excluding carboxylic acids is 3. The summed E-state index contributed by atoms with van der Waals surface area (Å²) in [4.78, 5) is 40.0. The van der Waals surface area contributed by atoms with Crippen molar-refractivity contribution in [3.05, 3.63) is 24.3 Å². The molecule has 0 fully saturated rings. The molecule has 7 nitrogen and oxygen atoms in total. The molecule has 0 saturated heterocycles. The Morgan fingerprint density at radius 2 is 1.89 bits per heavy atom. The Kier molecular flexibility index (Phi) is 6.33. The van der Waals surface area contributed by atoms with E-state index in [1.165, 1.54) is 23.7 Å². The Balaban J connectivity index is 2.14. The summed E-state index contributed by atoms with van der Waals surface area (Å²) in [5.74, 6) is -0.712. The molecule has 2 rings (SSSR count). The first-order valence-corrected chi connectivity index (χ1v) is 9.98. The van der Waals surface area contributed by atoms with Gasteiger partial charge in [-0.3, -0.25) is 14.5 Å². The number of thioether (sulfide) groups is 1. The van der Waals surface area contributed by atoms with Crippen LogP contribution in [-0.2, 0) is 14.3 Å². The number of ether oxygens (including phenoxy) is 1. The molecule has 1 aromatic carbocycles. The van der Waals surface area contributed by atoms with Crippen molar-refractivity contribution >= 4 is 35.4 Å². The maximum atomic E-state index is 12.8. The predicted molar refractivity (Wildman–Crippen MR) is 110 cm³/mol. The molecule has 0 aromatic heterocycles. The number of hydrogen-bond donors (Lipinski definition) is 2. The number of benzene rings is 1. The normalized spacial score (nSPS) is 19.5. The molecule has 1 aromatic rings. The molecule has 1 aliphatic heterocycles. The van der Waals surface area contributed by atoms with E-state index in [0.29, 0.717) is 0 Å². The number of para-hydroxylation sites is 1. The SMILES string of the molecule is C[C@@H](C(=O)N[C@@H]1C(=O)Nc2ccccc2SC1(C)C)N(C)C(=O)OC(C)(C)C. The molecule has 0 unspecified atom stereocenters. The second kappa shape index (κ2) is 8.03. The maximum absolute atomic E-state index is 12.8. The smallest absolute Gasteiger partial charge is 0.410 e. The summed E-state index contributed by atoms with van der Waals surface area (Å²) in [5.41, 5.74) is 0.0638. The molecule has 1 aliphatic rings. The van der Waals surface area contributed by atoms with Crippen LogP contribution in [0, 0.1) is 0 Å². The van der Waals surface area contributed by atoms with Crippen molar-refractivity contribution in [3.8, 4) is 0 Å². The zero-order chi connectivity index (χ0) is 21.3. The quantitative estimate of drug-likeness (QED) is 0.803. The van der Waals surface area contributed by atoms with Gasteiger partial charge in [-0.25, -0.2) is 4.79 Å². The van der Waals surface area contributed by atoms with Gasteiger partial charge in [-0.1, -0.05) is 12.1 Å². The van der Waals surface area contributed by atoms with Gasteiger partial charge in [0.15, 0.2) is 0 Å². The average Bonchev–Trinajstić information content (AvgIpc) is 2.66. The second-order valence-corrected chi connectivity index (χ2v) is 10.1. The van der Waals surface area contributed by atoms with E-state index in [9.17, 15) is 14.4 Å². The van der Waals surface area contributed by atoms with Gasteiger partial charge in [0.05, 0.1) is 5.69 Å². The number of carbonyl (C=O) groups is 3. The zero-order valence-electron chi connectivity index (χ0n) is 17.5. The highest BCUT2D eigenvalue weighted by atomic mass is 32.2. The lowest BCUT2D eigenvalue weighted by molar-refractivity contribution is -0.130. The minimum atomic E-state index is -0.797. The van der Waals surface area contributed by atoms with Gasteiger partial charge in [0.25, 0.3) is 0 Å². The molecule has 2 atom stereocenters. The molecule has 154 valence electrons. The van der Waals surface area contributed by atoms with Crippen molar-refractivity contribution < 1.29 is 19.1 Å². The van der Waals surface area contributed by atoms with Crippen molar-refractivity contribution in [2.24, 2.45) is 0 Å². The van der Waals surface area contributed by atoms with Gasteiger partial charge in [0.1, 0.15) is 17.7 Å². The summed E-state index contributed by atoms with van der Waals surface area (Å²) in [6, 6.07) is 5.96. The van der Waals surface area contributed by atoms with Crippen molar-refractivity contribution in [1.82, 2.24) is 10.2 Å². The fraction of sp³-hybridized carbons (Fsp3) is 0.550. The predicted octanol–water partition coefficient (Wildman–Crippen LogP) is 3.25. The van der Waals surface area contributed by atoms with Crippen LogP contribution in [0.5, 0.6) is 0 Å². The van der Waals surface area contributed by atoms with Gasteiger partial charge in [-0.15, -0.1) is 11.8 Å². The highest BCUT2D eigenvalue weighted by molar-refractivity contribution is 8.01. The lowest BCUT2D eigenvalue weighted by atomic mass is 10.0. The van der Waals surface area contributed by atoms with Gasteiger partial charge < -0.3 is 15.4 Å². The van der Waals surface area contributed by atoms with E-state index in [2.05, 4.69) is 10.6 Å². The lowest BCUT2D eigenvalue weighted by Crippen LogP contribution is -2.58. The first-order valence-electron chi connectivity index (χ1n) is 9.17. The van der Waals surface area contributed by atoms with Crippen LogP contribution in [0.15, 0.2) is 29.2 Å². The second-order valence-electron chi connectivity index (χ2n) is 8.40. The van der Waals surface area contributed by atoms with Crippen LogP contribution in [0.1, 0.15) is 41.5 Å². The molecule has 8 heteroatoms. The molecule has 0 radical (unpaired) electrons. The van der Waals surface area contributed by atoms with E-state index in [0.717, 1.165) is 10.6 Å². The monoisotopic (exact) mass is 407 g/mol. The topological polar surface area (TPSA) is 87.7 Å². The molecule has 1 heterocycles. The Labute approximate surface area is 170 Å². The summed E-state index contributed by atoms with van der Waals surface area (Å²) in [7, 11) is 1.50. The highest BCUT2D eigenvalue weighted by Gasteiger charge is 2.41. The zero-order valence-corrected chi connectivity index (χ0v) is 18.3. The number of nitrogens with zero attached hydrogens (tertiary/aromatic N) is 1. The highest BCUT2D eigenvalue weighted by Crippen LogP contribution is 2.41. The first-order chi connectivity index (χ1) is 12.8. The van der Waals surface area contributed by atoms with Crippen LogP contribution in [0.4, 0.5) is 10.5 Å². The number of nitrogens with one attached hydrogen (secondary N) is 2. The fourth-order valence-electron chi connectivity index (χ4n) is 2.69. The molecular formula is C20H29N3O4S. The van der Waals surface area contributed by atoms with Crippen molar-refractivity contribution in [3.63, 3.8) is 0 Å². The largest absolute Gasteiger partial charge is 0.444 e. The number of fused-ring (bicyclic) bond motifs is 1. The minimum absolute atomic E-state index is 0.289. The Morgan fingerprint density at radius 1 is 1.29 bits per heavy atom. The molecule has 3 amide bonds. The van der Waals surface area contributed by atoms with E-state index < -0.39 is 34.4 Å². The summed E-state index contributed by atoms with van der Waals surface area (Å²) in [6.45, 7) is 10.7. The van der Waals surface area contributed by atoms with Crippen molar-refractivity contribution in [2.75, 3.05) is 12.4 Å². The standard InChI is InChI=1S/C20H29N3O4S/c1-12(23(7)18(26)27-19(2,3)4)16(24)22-15-17(25)21-13-10-8-9-11-14(13)28-20(15,5)6/h8-12,15H,1-7H3,(H,21,25)(H,22,24)/t12-,15+/m0/s1. The van der Waals surface area contributed by atoms with Crippen molar-refractivity contribution in [2.45, 2.75) is 68.9 Å². The summed E-state index contributed by atoms with van der Waals surface area (Å²) in [6.07, 6.45) is -0.596. The summed E-state index contributed by atoms with van der Waals surface area (Å²) >= 11 is 1.52. The molecule has 0 spiro atoms. The molecular weight excluding hydrogens is 378 g/mol. The van der Waals surface area contributed by atoms with Gasteiger partial charge in [-0.2, -0.15) is 0 Å². The maximum Gasteiger partial charge on any atom is 0.410 e. The first kappa shape index (κ1) is 22.1. The van der Waals surface area contributed by atoms with Crippen LogP contribution < -0.4 is 10.6 Å². The molecule has 2 N–H and O–H groups in total. The van der Waals surface area contributed by atoms with Crippen LogP contribution in [0.25, 0.3) is 0 Å². The third kappa shape index (κ3) is 5.19. The molecule has 0 bridgehead atoms. The Bertz CT molecular complexity index is 773. The van der Waals surface area contributed by atoms with E-state index in [4.69, 9.17) is 4.74 Å². The van der Waals surface area contributed by atoms with Crippen LogP contribution in [0.3, 0.4) is 0 Å². The van der Waals surface area contributed by atoms with E-state index in [1.54, 1.807) is 27.7 Å². The number of hydrogen-bond acceptors (Lipinski definition) is 5. The lowest BCUT2D eigenvalue weighted by Gasteiger charge is -2.33. The van der Waals surface area contributed by atoms with Crippen LogP contribution in [-0.4, -0.2) is 52.3 Å². The number of anilines is 1. The number of rotatable bonds is 3. The van der Waals surface area contributed by atoms with Gasteiger partial charge in [0, 0.05) is 16.7 Å². The average molecular weight is 408 g/mol. The van der Waals surface area contributed by atoms with E-state index in [1.807, 2.05) is 38.1 Å². The van der Waals surface area contributed by atoms with E-state index in [-0.39, 0.29) is 5.91 Å². The molecule has 0 saturated carbocycles. The number of likely N-dealkylation sites (N-methyl/N-ethyl adjacent to an activating group) is 1. The van der Waals surface area contributed by atoms with Crippen LogP contribution in [0.2, 0.25) is 0 Å². The van der Waals surface area contributed by atoms with Gasteiger partial charge in [-0.05, 0) is 53.7 Å². The molecule has 28 heavy (non-hydrogen) atoms. The van der Waals surface area contributed by atoms with Crippen molar-refractivity contribution in [1.29, 1.82) is 0 Å². The van der Waals surface area contributed by atoms with Crippen LogP contribution >= 0.6 is 11.8 Å². The minimum Gasteiger partial charge on any atom is -0.444 e. The summed E-state index contributed by atoms with van der Waals surface area (Å²) in [5, 5.41) is 5.69. The third-order valence-electron chi connectivity index (χ3n) is 4.40. The van der Waals surface area contributed by atoms with Gasteiger partial charge in [0.2, 0.25) is 11.8 Å². The number of amides is 3. The Hall–Kier alpha value is -2.22. The third-order valence-corrected chi connectivity index (χ3v) is 5.74. The Morgan fingerprint density at radius 3 is 2.50 bits per heavy atom. The van der Waals surface area contributed by atoms with Gasteiger partial charge >= 0.3 is 6.09 Å². The fourth-order valence-corrected chi connectivity index (χ4v) is 3.92. The van der Waals surface area contributed by atoms with E-state index >= 15 is 0 Å². The summed E-state index contributed by atoms with van der Waals surface area (Å²) < 4.78 is 4.72.